The molecule has 1 fully saturated rings. The summed E-state index contributed by atoms with van der Waals surface area (Å²) in [7, 11) is 0. The van der Waals surface area contributed by atoms with Crippen molar-refractivity contribution in [2.24, 2.45) is 5.92 Å². The second kappa shape index (κ2) is 5.47. The lowest BCUT2D eigenvalue weighted by molar-refractivity contribution is -0.144. The summed E-state index contributed by atoms with van der Waals surface area (Å²) < 4.78 is 5.51. The summed E-state index contributed by atoms with van der Waals surface area (Å²) >= 11 is 0. The van der Waals surface area contributed by atoms with E-state index in [0.29, 0.717) is 13.0 Å². The maximum atomic E-state index is 11.7. The first kappa shape index (κ1) is 12.5. The molecule has 4 nitrogen and oxygen atoms in total. The summed E-state index contributed by atoms with van der Waals surface area (Å²) in [4.78, 5) is 13.4. The molecule has 2 atom stereocenters. The molecule has 1 rings (SSSR count). The van der Waals surface area contributed by atoms with Gasteiger partial charge in [-0.25, -0.2) is 0 Å². The first-order chi connectivity index (χ1) is 7.11. The second-order valence-electron chi connectivity index (χ2n) is 4.24. The zero-order chi connectivity index (χ0) is 11.4. The molecule has 1 N–H and O–H groups in total. The van der Waals surface area contributed by atoms with Crippen molar-refractivity contribution in [2.45, 2.75) is 45.9 Å². The number of nitrogens with zero attached hydrogens (tertiary/aromatic N) is 1. The second-order valence-corrected chi connectivity index (χ2v) is 4.24. The van der Waals surface area contributed by atoms with Crippen molar-refractivity contribution < 1.29 is 14.6 Å². The summed E-state index contributed by atoms with van der Waals surface area (Å²) in [5, 5.41) is 9.31. The van der Waals surface area contributed by atoms with Gasteiger partial charge in [-0.15, -0.1) is 0 Å². The maximum Gasteiger partial charge on any atom is 0.225 e. The standard InChI is InChI=1S/C11H21NO3/c1-4-15-11-6-5-10(14)12(11)9(7-13)8(2)3/h8-9,11,13H,4-7H2,1-3H3/t9-,11?/m1/s1. The van der Waals surface area contributed by atoms with Crippen LogP contribution in [0.2, 0.25) is 0 Å². The third kappa shape index (κ3) is 2.69. The molecule has 1 amide bonds. The SMILES string of the molecule is CCOC1CCC(=O)N1[C@H](CO)C(C)C. The van der Waals surface area contributed by atoms with Gasteiger partial charge in [-0.3, -0.25) is 4.79 Å². The van der Waals surface area contributed by atoms with Crippen LogP contribution in [0.3, 0.4) is 0 Å². The van der Waals surface area contributed by atoms with Gasteiger partial charge in [-0.1, -0.05) is 13.8 Å². The molecule has 0 aromatic rings. The van der Waals surface area contributed by atoms with Crippen molar-refractivity contribution in [3.8, 4) is 0 Å². The normalized spacial score (nSPS) is 23.9. The van der Waals surface area contributed by atoms with Crippen molar-refractivity contribution in [3.63, 3.8) is 0 Å². The fourth-order valence-corrected chi connectivity index (χ4v) is 2.05. The Morgan fingerprint density at radius 2 is 2.27 bits per heavy atom. The van der Waals surface area contributed by atoms with Crippen molar-refractivity contribution in [2.75, 3.05) is 13.2 Å². The predicted octanol–water partition coefficient (Wildman–Crippen LogP) is 0.988. The minimum atomic E-state index is -0.137. The van der Waals surface area contributed by atoms with Gasteiger partial charge >= 0.3 is 0 Å². The van der Waals surface area contributed by atoms with Crippen LogP contribution in [-0.4, -0.2) is 41.4 Å². The molecule has 1 heterocycles. The van der Waals surface area contributed by atoms with E-state index >= 15 is 0 Å². The molecule has 1 aliphatic rings. The van der Waals surface area contributed by atoms with E-state index in [2.05, 4.69) is 0 Å². The van der Waals surface area contributed by atoms with E-state index in [-0.39, 0.29) is 30.7 Å². The minimum Gasteiger partial charge on any atom is -0.394 e. The van der Waals surface area contributed by atoms with Crippen LogP contribution >= 0.6 is 0 Å². The first-order valence-corrected chi connectivity index (χ1v) is 5.65. The van der Waals surface area contributed by atoms with Crippen LogP contribution in [0.5, 0.6) is 0 Å². The number of likely N-dealkylation sites (tertiary alicyclic amines) is 1. The topological polar surface area (TPSA) is 49.8 Å². The highest BCUT2D eigenvalue weighted by Gasteiger charge is 2.37. The number of aliphatic hydroxyl groups excluding tert-OH is 1. The number of ether oxygens (including phenoxy) is 1. The Morgan fingerprint density at radius 1 is 1.60 bits per heavy atom. The molecule has 88 valence electrons. The molecule has 4 heteroatoms. The van der Waals surface area contributed by atoms with Gasteiger partial charge < -0.3 is 14.7 Å². The van der Waals surface area contributed by atoms with Crippen LogP contribution in [-0.2, 0) is 9.53 Å². The molecule has 1 unspecified atom stereocenters. The van der Waals surface area contributed by atoms with Crippen molar-refractivity contribution >= 4 is 5.91 Å². The predicted molar refractivity (Wildman–Crippen MR) is 57.2 cm³/mol. The fourth-order valence-electron chi connectivity index (χ4n) is 2.05. The number of carbonyl (C=O) groups excluding carboxylic acids is 1. The van der Waals surface area contributed by atoms with Gasteiger partial charge in [0.2, 0.25) is 5.91 Å². The maximum absolute atomic E-state index is 11.7. The first-order valence-electron chi connectivity index (χ1n) is 5.65. The van der Waals surface area contributed by atoms with Gasteiger partial charge in [0, 0.05) is 19.4 Å². The minimum absolute atomic E-state index is 0.00693. The van der Waals surface area contributed by atoms with Crippen LogP contribution < -0.4 is 0 Å². The van der Waals surface area contributed by atoms with Crippen LogP contribution in [0.15, 0.2) is 0 Å². The Hall–Kier alpha value is -0.610. The number of aliphatic hydroxyl groups is 1. The summed E-state index contributed by atoms with van der Waals surface area (Å²) in [6, 6.07) is -0.114. The van der Waals surface area contributed by atoms with E-state index in [9.17, 15) is 9.90 Å². The largest absolute Gasteiger partial charge is 0.394 e. The third-order valence-electron chi connectivity index (χ3n) is 2.88. The lowest BCUT2D eigenvalue weighted by Gasteiger charge is -2.34. The molecular weight excluding hydrogens is 194 g/mol. The molecule has 0 spiro atoms. The summed E-state index contributed by atoms with van der Waals surface area (Å²) in [5.41, 5.74) is 0. The highest BCUT2D eigenvalue weighted by Crippen LogP contribution is 2.25. The van der Waals surface area contributed by atoms with Crippen LogP contribution in [0.1, 0.15) is 33.6 Å². The highest BCUT2D eigenvalue weighted by atomic mass is 16.5. The number of hydrogen-bond donors (Lipinski definition) is 1. The molecule has 0 saturated carbocycles. The van der Waals surface area contributed by atoms with E-state index in [1.165, 1.54) is 0 Å². The molecular formula is C11H21NO3. The number of amides is 1. The monoisotopic (exact) mass is 215 g/mol. The molecule has 15 heavy (non-hydrogen) atoms. The summed E-state index contributed by atoms with van der Waals surface area (Å²) in [5.74, 6) is 0.348. The average Bonchev–Trinajstić information content (AvgIpc) is 2.51. The summed E-state index contributed by atoms with van der Waals surface area (Å²) in [6.45, 7) is 6.55. The Labute approximate surface area is 91.2 Å². The van der Waals surface area contributed by atoms with E-state index in [0.717, 1.165) is 6.42 Å². The van der Waals surface area contributed by atoms with E-state index in [1.807, 2.05) is 20.8 Å². The number of hydrogen-bond acceptors (Lipinski definition) is 3. The van der Waals surface area contributed by atoms with Crippen LogP contribution in [0, 0.1) is 5.92 Å². The molecule has 1 saturated heterocycles. The molecule has 0 aliphatic carbocycles. The fraction of sp³-hybridized carbons (Fsp3) is 0.909. The van der Waals surface area contributed by atoms with Crippen LogP contribution in [0.4, 0.5) is 0 Å². The van der Waals surface area contributed by atoms with Gasteiger partial charge in [0.1, 0.15) is 6.23 Å². The van der Waals surface area contributed by atoms with Gasteiger partial charge in [0.05, 0.1) is 12.6 Å². The van der Waals surface area contributed by atoms with Gasteiger partial charge in [-0.2, -0.15) is 0 Å². The molecule has 0 aromatic carbocycles. The quantitative estimate of drug-likeness (QED) is 0.744. The molecule has 0 aromatic heterocycles. The Balaban J connectivity index is 2.73. The Bertz CT molecular complexity index is 218. The van der Waals surface area contributed by atoms with E-state index in [4.69, 9.17) is 4.74 Å². The van der Waals surface area contributed by atoms with Gasteiger partial charge in [0.25, 0.3) is 0 Å². The van der Waals surface area contributed by atoms with E-state index < -0.39 is 0 Å². The lowest BCUT2D eigenvalue weighted by Crippen LogP contribution is -2.47. The Morgan fingerprint density at radius 3 is 2.73 bits per heavy atom. The van der Waals surface area contributed by atoms with Gasteiger partial charge in [0.15, 0.2) is 0 Å². The average molecular weight is 215 g/mol. The summed E-state index contributed by atoms with van der Waals surface area (Å²) in [6.07, 6.45) is 1.14. The molecule has 0 bridgehead atoms. The Kier molecular flexibility index (Phi) is 4.54. The van der Waals surface area contributed by atoms with Gasteiger partial charge in [-0.05, 0) is 12.8 Å². The molecule has 1 aliphatic heterocycles. The van der Waals surface area contributed by atoms with Crippen molar-refractivity contribution in [3.05, 3.63) is 0 Å². The third-order valence-corrected chi connectivity index (χ3v) is 2.88. The zero-order valence-corrected chi connectivity index (χ0v) is 9.77. The van der Waals surface area contributed by atoms with E-state index in [1.54, 1.807) is 4.90 Å². The lowest BCUT2D eigenvalue weighted by atomic mass is 10.0. The molecule has 0 radical (unpaired) electrons. The van der Waals surface area contributed by atoms with Crippen LogP contribution in [0.25, 0.3) is 0 Å². The zero-order valence-electron chi connectivity index (χ0n) is 9.77. The smallest absolute Gasteiger partial charge is 0.225 e. The van der Waals surface area contributed by atoms with Crippen molar-refractivity contribution in [1.29, 1.82) is 0 Å². The number of carbonyl (C=O) groups is 1. The number of rotatable bonds is 5. The highest BCUT2D eigenvalue weighted by molar-refractivity contribution is 5.78. The van der Waals surface area contributed by atoms with Crippen molar-refractivity contribution in [1.82, 2.24) is 4.90 Å².